The molecule has 20 heavy (non-hydrogen) atoms. The van der Waals surface area contributed by atoms with Crippen LogP contribution in [0.25, 0.3) is 0 Å². The Hall–Kier alpha value is -2.24. The minimum atomic E-state index is 0.353. The zero-order valence-electron chi connectivity index (χ0n) is 11.9. The van der Waals surface area contributed by atoms with E-state index in [1.807, 2.05) is 24.3 Å². The third kappa shape index (κ3) is 3.63. The second-order valence-electron chi connectivity index (χ2n) is 4.72. The summed E-state index contributed by atoms with van der Waals surface area (Å²) in [5, 5.41) is 0. The lowest BCUT2D eigenvalue weighted by atomic mass is 10.1. The summed E-state index contributed by atoms with van der Waals surface area (Å²) in [5.74, 6) is 6.70. The van der Waals surface area contributed by atoms with E-state index < -0.39 is 0 Å². The fourth-order valence-corrected chi connectivity index (χ4v) is 1.95. The van der Waals surface area contributed by atoms with E-state index in [1.54, 1.807) is 0 Å². The van der Waals surface area contributed by atoms with Gasteiger partial charge in [-0.2, -0.15) is 0 Å². The van der Waals surface area contributed by atoms with Crippen LogP contribution in [0.3, 0.4) is 0 Å². The molecule has 2 nitrogen and oxygen atoms in total. The number of rotatable bonds is 3. The molecule has 2 heteroatoms. The van der Waals surface area contributed by atoms with Crippen molar-refractivity contribution in [2.24, 2.45) is 5.73 Å². The van der Waals surface area contributed by atoms with Crippen molar-refractivity contribution >= 4 is 0 Å². The van der Waals surface area contributed by atoms with E-state index in [9.17, 15) is 0 Å². The first-order valence-corrected chi connectivity index (χ1v) is 6.67. The van der Waals surface area contributed by atoms with E-state index >= 15 is 0 Å². The Bertz CT molecular complexity index is 650. The molecule has 2 N–H and O–H groups in total. The molecule has 102 valence electrons. The van der Waals surface area contributed by atoms with Gasteiger partial charge in [-0.15, -0.1) is 0 Å². The summed E-state index contributed by atoms with van der Waals surface area (Å²) < 4.78 is 5.91. The van der Waals surface area contributed by atoms with E-state index in [4.69, 9.17) is 10.5 Å². The standard InChI is InChI=1S/C18H19NO/c1-14-9-10-15(2)17(12-14)13-20-18-8-4-3-6-16(18)7-5-11-19/h3-4,6,8-10,12H,11,13,19H2,1-2H3. The zero-order valence-corrected chi connectivity index (χ0v) is 11.9. The first-order valence-electron chi connectivity index (χ1n) is 6.67. The van der Waals surface area contributed by atoms with Gasteiger partial charge in [0.1, 0.15) is 12.4 Å². The summed E-state index contributed by atoms with van der Waals surface area (Å²) in [6.45, 7) is 5.09. The lowest BCUT2D eigenvalue weighted by Crippen LogP contribution is -2.00. The molecular weight excluding hydrogens is 246 g/mol. The predicted molar refractivity (Wildman–Crippen MR) is 82.6 cm³/mol. The summed E-state index contributed by atoms with van der Waals surface area (Å²) in [7, 11) is 0. The highest BCUT2D eigenvalue weighted by Crippen LogP contribution is 2.19. The minimum absolute atomic E-state index is 0.353. The monoisotopic (exact) mass is 265 g/mol. The van der Waals surface area contributed by atoms with Gasteiger partial charge in [-0.1, -0.05) is 47.7 Å². The van der Waals surface area contributed by atoms with Crippen LogP contribution in [0.2, 0.25) is 0 Å². The second-order valence-corrected chi connectivity index (χ2v) is 4.72. The predicted octanol–water partition coefficient (Wildman–Crippen LogP) is 3.19. The Morgan fingerprint density at radius 3 is 2.70 bits per heavy atom. The molecule has 0 amide bonds. The molecule has 0 aliphatic rings. The van der Waals surface area contributed by atoms with E-state index in [-0.39, 0.29) is 0 Å². The molecule has 0 saturated carbocycles. The second kappa shape index (κ2) is 6.79. The van der Waals surface area contributed by atoms with Crippen molar-refractivity contribution in [3.63, 3.8) is 0 Å². The largest absolute Gasteiger partial charge is 0.488 e. The topological polar surface area (TPSA) is 35.2 Å². The van der Waals surface area contributed by atoms with Gasteiger partial charge in [0.15, 0.2) is 0 Å². The average Bonchev–Trinajstić information content (AvgIpc) is 2.47. The maximum absolute atomic E-state index is 5.91. The van der Waals surface area contributed by atoms with Crippen LogP contribution >= 0.6 is 0 Å². The quantitative estimate of drug-likeness (QED) is 0.865. The number of ether oxygens (including phenoxy) is 1. The lowest BCUT2D eigenvalue weighted by Gasteiger charge is -2.11. The minimum Gasteiger partial charge on any atom is -0.488 e. The van der Waals surface area contributed by atoms with E-state index in [0.717, 1.165) is 11.3 Å². The molecule has 0 saturated heterocycles. The van der Waals surface area contributed by atoms with Crippen molar-refractivity contribution in [3.05, 3.63) is 64.7 Å². The van der Waals surface area contributed by atoms with Crippen molar-refractivity contribution in [3.8, 4) is 17.6 Å². The first-order chi connectivity index (χ1) is 9.70. The molecule has 0 heterocycles. The Balaban J connectivity index is 2.17. The zero-order chi connectivity index (χ0) is 14.4. The molecule has 0 aliphatic heterocycles. The Morgan fingerprint density at radius 1 is 1.10 bits per heavy atom. The molecule has 0 spiro atoms. The van der Waals surface area contributed by atoms with Gasteiger partial charge in [0, 0.05) is 0 Å². The fraction of sp³-hybridized carbons (Fsp3) is 0.222. The third-order valence-electron chi connectivity index (χ3n) is 3.10. The maximum Gasteiger partial charge on any atom is 0.135 e. The van der Waals surface area contributed by atoms with Crippen LogP contribution in [0.4, 0.5) is 0 Å². The van der Waals surface area contributed by atoms with Gasteiger partial charge in [-0.3, -0.25) is 0 Å². The van der Waals surface area contributed by atoms with Gasteiger partial charge in [-0.05, 0) is 37.1 Å². The van der Waals surface area contributed by atoms with Crippen LogP contribution in [0, 0.1) is 25.7 Å². The molecule has 0 aliphatic carbocycles. The van der Waals surface area contributed by atoms with E-state index in [0.29, 0.717) is 13.2 Å². The molecule has 2 aromatic rings. The van der Waals surface area contributed by atoms with Crippen molar-refractivity contribution in [1.82, 2.24) is 0 Å². The molecule has 0 aromatic heterocycles. The van der Waals surface area contributed by atoms with Gasteiger partial charge in [-0.25, -0.2) is 0 Å². The highest BCUT2D eigenvalue weighted by molar-refractivity contribution is 5.46. The number of hydrogen-bond donors (Lipinski definition) is 1. The van der Waals surface area contributed by atoms with Crippen molar-refractivity contribution < 1.29 is 4.74 Å². The van der Waals surface area contributed by atoms with Gasteiger partial charge in [0.2, 0.25) is 0 Å². The average molecular weight is 265 g/mol. The smallest absolute Gasteiger partial charge is 0.135 e. The molecule has 0 fully saturated rings. The van der Waals surface area contributed by atoms with Crippen molar-refractivity contribution in [2.75, 3.05) is 6.54 Å². The van der Waals surface area contributed by atoms with Gasteiger partial charge in [0.25, 0.3) is 0 Å². The summed E-state index contributed by atoms with van der Waals surface area (Å²) >= 11 is 0. The first kappa shape index (κ1) is 14.2. The van der Waals surface area contributed by atoms with Gasteiger partial charge >= 0.3 is 0 Å². The van der Waals surface area contributed by atoms with Crippen molar-refractivity contribution in [1.29, 1.82) is 0 Å². The Kier molecular flexibility index (Phi) is 4.81. The SMILES string of the molecule is Cc1ccc(C)c(COc2ccccc2C#CCN)c1. The number of nitrogens with two attached hydrogens (primary N) is 1. The fourth-order valence-electron chi connectivity index (χ4n) is 1.95. The number of para-hydroxylation sites is 1. The summed E-state index contributed by atoms with van der Waals surface area (Å²) in [5.41, 5.74) is 9.97. The van der Waals surface area contributed by atoms with Crippen molar-refractivity contribution in [2.45, 2.75) is 20.5 Å². The molecular formula is C18H19NO. The van der Waals surface area contributed by atoms with Gasteiger partial charge in [0.05, 0.1) is 12.1 Å². The number of hydrogen-bond acceptors (Lipinski definition) is 2. The normalized spacial score (nSPS) is 9.75. The van der Waals surface area contributed by atoms with Crippen LogP contribution in [0.1, 0.15) is 22.3 Å². The van der Waals surface area contributed by atoms with Gasteiger partial charge < -0.3 is 10.5 Å². The van der Waals surface area contributed by atoms with Crippen LogP contribution in [0.5, 0.6) is 5.75 Å². The molecule has 0 unspecified atom stereocenters. The Labute approximate surface area is 120 Å². The summed E-state index contributed by atoms with van der Waals surface area (Å²) in [6, 6.07) is 14.2. The molecule has 2 rings (SSSR count). The Morgan fingerprint density at radius 2 is 1.90 bits per heavy atom. The maximum atomic E-state index is 5.91. The molecule has 0 bridgehead atoms. The summed E-state index contributed by atoms with van der Waals surface area (Å²) in [6.07, 6.45) is 0. The number of aryl methyl sites for hydroxylation is 2. The van der Waals surface area contributed by atoms with Crippen LogP contribution in [-0.2, 0) is 6.61 Å². The van der Waals surface area contributed by atoms with Crippen LogP contribution < -0.4 is 10.5 Å². The van der Waals surface area contributed by atoms with E-state index in [1.165, 1.54) is 16.7 Å². The van der Waals surface area contributed by atoms with Crippen LogP contribution in [0.15, 0.2) is 42.5 Å². The number of benzene rings is 2. The molecule has 0 radical (unpaired) electrons. The lowest BCUT2D eigenvalue weighted by molar-refractivity contribution is 0.304. The highest BCUT2D eigenvalue weighted by Gasteiger charge is 2.03. The molecule has 0 atom stereocenters. The highest BCUT2D eigenvalue weighted by atomic mass is 16.5. The molecule has 2 aromatic carbocycles. The third-order valence-corrected chi connectivity index (χ3v) is 3.10. The summed E-state index contributed by atoms with van der Waals surface area (Å²) in [4.78, 5) is 0. The van der Waals surface area contributed by atoms with E-state index in [2.05, 4.69) is 43.9 Å². The van der Waals surface area contributed by atoms with Crippen LogP contribution in [-0.4, -0.2) is 6.54 Å².